The molecule has 0 atom stereocenters. The highest BCUT2D eigenvalue weighted by molar-refractivity contribution is 7.22. The van der Waals surface area contributed by atoms with Crippen molar-refractivity contribution in [1.29, 1.82) is 0 Å². The molecule has 4 heteroatoms. The van der Waals surface area contributed by atoms with Gasteiger partial charge in [0.05, 0.1) is 10.2 Å². The molecule has 0 saturated heterocycles. The average molecular weight is 277 g/mol. The largest absolute Gasteiger partial charge is 0.399 e. The zero-order chi connectivity index (χ0) is 14.0. The van der Waals surface area contributed by atoms with Crippen molar-refractivity contribution in [1.82, 2.24) is 4.98 Å². The average Bonchev–Trinajstić information content (AvgIpc) is 2.70. The molecule has 2 rings (SSSR count). The summed E-state index contributed by atoms with van der Waals surface area (Å²) in [5.74, 6) is 2.02. The molecule has 0 amide bonds. The van der Waals surface area contributed by atoms with Crippen LogP contribution < -0.4 is 11.1 Å². The zero-order valence-electron chi connectivity index (χ0n) is 12.1. The van der Waals surface area contributed by atoms with Gasteiger partial charge in [-0.3, -0.25) is 0 Å². The maximum atomic E-state index is 5.79. The molecule has 19 heavy (non-hydrogen) atoms. The first kappa shape index (κ1) is 14.1. The number of nitrogens with two attached hydrogens (primary N) is 1. The summed E-state index contributed by atoms with van der Waals surface area (Å²) in [6.07, 6.45) is 0. The van der Waals surface area contributed by atoms with Gasteiger partial charge in [0, 0.05) is 12.2 Å². The van der Waals surface area contributed by atoms with Gasteiger partial charge in [0.25, 0.3) is 0 Å². The smallest absolute Gasteiger partial charge is 0.183 e. The van der Waals surface area contributed by atoms with Crippen LogP contribution >= 0.6 is 11.3 Å². The Hall–Kier alpha value is -1.29. The summed E-state index contributed by atoms with van der Waals surface area (Å²) < 4.78 is 1.15. The third-order valence-electron chi connectivity index (χ3n) is 3.61. The third-order valence-corrected chi connectivity index (χ3v) is 4.59. The minimum Gasteiger partial charge on any atom is -0.399 e. The van der Waals surface area contributed by atoms with Crippen molar-refractivity contribution in [2.75, 3.05) is 17.6 Å². The second-order valence-electron chi connectivity index (χ2n) is 5.78. The van der Waals surface area contributed by atoms with Gasteiger partial charge >= 0.3 is 0 Å². The molecule has 0 bridgehead atoms. The molecule has 0 spiro atoms. The van der Waals surface area contributed by atoms with Crippen LogP contribution in [0.2, 0.25) is 0 Å². The van der Waals surface area contributed by atoms with E-state index < -0.39 is 0 Å². The van der Waals surface area contributed by atoms with Gasteiger partial charge in [0.2, 0.25) is 0 Å². The minimum atomic E-state index is 0.664. The van der Waals surface area contributed by atoms with Crippen LogP contribution in [-0.4, -0.2) is 11.5 Å². The van der Waals surface area contributed by atoms with Crippen molar-refractivity contribution in [3.05, 3.63) is 18.2 Å². The van der Waals surface area contributed by atoms with Crippen molar-refractivity contribution in [2.45, 2.75) is 27.7 Å². The monoisotopic (exact) mass is 277 g/mol. The second-order valence-corrected chi connectivity index (χ2v) is 6.81. The highest BCUT2D eigenvalue weighted by Crippen LogP contribution is 2.28. The number of hydrogen-bond donors (Lipinski definition) is 2. The van der Waals surface area contributed by atoms with Gasteiger partial charge in [0.1, 0.15) is 0 Å². The van der Waals surface area contributed by atoms with Crippen LogP contribution in [-0.2, 0) is 0 Å². The Morgan fingerprint density at radius 2 is 1.89 bits per heavy atom. The van der Waals surface area contributed by atoms with Gasteiger partial charge in [-0.1, -0.05) is 39.0 Å². The number of nitrogen functional groups attached to an aromatic ring is 1. The fraction of sp³-hybridized carbons (Fsp3) is 0.533. The maximum Gasteiger partial charge on any atom is 0.183 e. The summed E-state index contributed by atoms with van der Waals surface area (Å²) in [5.41, 5.74) is 7.61. The molecule has 0 radical (unpaired) electrons. The number of aromatic nitrogens is 1. The molecule has 2 aromatic rings. The van der Waals surface area contributed by atoms with E-state index in [0.29, 0.717) is 17.8 Å². The van der Waals surface area contributed by atoms with E-state index in [1.807, 2.05) is 18.2 Å². The molecule has 1 heterocycles. The van der Waals surface area contributed by atoms with Crippen LogP contribution in [0.25, 0.3) is 10.2 Å². The molecule has 0 fully saturated rings. The van der Waals surface area contributed by atoms with E-state index in [2.05, 4.69) is 38.0 Å². The number of fused-ring (bicyclic) bond motifs is 1. The standard InChI is InChI=1S/C15H23N3S/c1-9(2)12(10(3)4)8-17-15-18-13-6-5-11(16)7-14(13)19-15/h5-7,9-10,12H,8,16H2,1-4H3,(H,17,18). The fourth-order valence-electron chi connectivity index (χ4n) is 2.46. The third kappa shape index (κ3) is 3.38. The minimum absolute atomic E-state index is 0.664. The number of anilines is 2. The second kappa shape index (κ2) is 5.78. The first-order chi connectivity index (χ1) is 8.97. The van der Waals surface area contributed by atoms with Gasteiger partial charge in [-0.25, -0.2) is 4.98 Å². The highest BCUT2D eigenvalue weighted by Gasteiger charge is 2.17. The van der Waals surface area contributed by atoms with Crippen molar-refractivity contribution in [3.8, 4) is 0 Å². The van der Waals surface area contributed by atoms with E-state index in [-0.39, 0.29) is 0 Å². The first-order valence-electron chi connectivity index (χ1n) is 6.87. The fourth-order valence-corrected chi connectivity index (χ4v) is 3.38. The number of hydrogen-bond acceptors (Lipinski definition) is 4. The van der Waals surface area contributed by atoms with Crippen LogP contribution in [0, 0.1) is 17.8 Å². The molecule has 0 unspecified atom stereocenters. The van der Waals surface area contributed by atoms with Crippen molar-refractivity contribution < 1.29 is 0 Å². The summed E-state index contributed by atoms with van der Waals surface area (Å²) in [6, 6.07) is 5.87. The lowest BCUT2D eigenvalue weighted by Crippen LogP contribution is -2.24. The van der Waals surface area contributed by atoms with Gasteiger partial charge in [-0.2, -0.15) is 0 Å². The summed E-state index contributed by atoms with van der Waals surface area (Å²) in [4.78, 5) is 4.60. The van der Waals surface area contributed by atoms with Gasteiger partial charge in [-0.15, -0.1) is 0 Å². The molecular weight excluding hydrogens is 254 g/mol. The quantitative estimate of drug-likeness (QED) is 0.805. The van der Waals surface area contributed by atoms with Gasteiger partial charge in [0.15, 0.2) is 5.13 Å². The molecule has 1 aromatic carbocycles. The molecule has 0 aliphatic rings. The topological polar surface area (TPSA) is 50.9 Å². The summed E-state index contributed by atoms with van der Waals surface area (Å²) in [5, 5.41) is 4.48. The van der Waals surface area contributed by atoms with E-state index in [9.17, 15) is 0 Å². The van der Waals surface area contributed by atoms with Gasteiger partial charge in [-0.05, 0) is 36.0 Å². The van der Waals surface area contributed by atoms with Crippen molar-refractivity contribution in [2.24, 2.45) is 17.8 Å². The predicted octanol–water partition coefficient (Wildman–Crippen LogP) is 4.22. The number of thiazole rings is 1. The molecule has 104 valence electrons. The predicted molar refractivity (Wildman–Crippen MR) is 85.7 cm³/mol. The lowest BCUT2D eigenvalue weighted by atomic mass is 9.86. The van der Waals surface area contributed by atoms with E-state index in [4.69, 9.17) is 5.73 Å². The normalized spacial score (nSPS) is 11.9. The van der Waals surface area contributed by atoms with E-state index in [1.165, 1.54) is 0 Å². The molecule has 3 N–H and O–H groups in total. The van der Waals surface area contributed by atoms with Crippen LogP contribution in [0.4, 0.5) is 10.8 Å². The van der Waals surface area contributed by atoms with Crippen LogP contribution in [0.15, 0.2) is 18.2 Å². The zero-order valence-corrected chi connectivity index (χ0v) is 12.9. The summed E-state index contributed by atoms with van der Waals surface area (Å²) >= 11 is 1.67. The van der Waals surface area contributed by atoms with Gasteiger partial charge < -0.3 is 11.1 Å². The summed E-state index contributed by atoms with van der Waals surface area (Å²) in [6.45, 7) is 10.1. The Labute approximate surface area is 119 Å². The number of benzene rings is 1. The Morgan fingerprint density at radius 1 is 1.21 bits per heavy atom. The molecule has 0 aliphatic carbocycles. The molecule has 0 aliphatic heterocycles. The number of nitrogens with zero attached hydrogens (tertiary/aromatic N) is 1. The Bertz CT molecular complexity index is 537. The van der Waals surface area contributed by atoms with Crippen LogP contribution in [0.5, 0.6) is 0 Å². The maximum absolute atomic E-state index is 5.79. The van der Waals surface area contributed by atoms with E-state index >= 15 is 0 Å². The van der Waals surface area contributed by atoms with E-state index in [1.54, 1.807) is 11.3 Å². The molecule has 1 aromatic heterocycles. The molecule has 3 nitrogen and oxygen atoms in total. The lowest BCUT2D eigenvalue weighted by molar-refractivity contribution is 0.304. The summed E-state index contributed by atoms with van der Waals surface area (Å²) in [7, 11) is 0. The number of rotatable bonds is 5. The highest BCUT2D eigenvalue weighted by atomic mass is 32.1. The Kier molecular flexibility index (Phi) is 4.30. The number of nitrogens with one attached hydrogen (secondary N) is 1. The lowest BCUT2D eigenvalue weighted by Gasteiger charge is -2.24. The first-order valence-corrected chi connectivity index (χ1v) is 7.69. The molecular formula is C15H23N3S. The van der Waals surface area contributed by atoms with Crippen molar-refractivity contribution in [3.63, 3.8) is 0 Å². The van der Waals surface area contributed by atoms with Crippen LogP contribution in [0.3, 0.4) is 0 Å². The van der Waals surface area contributed by atoms with E-state index in [0.717, 1.165) is 27.6 Å². The Morgan fingerprint density at radius 3 is 2.53 bits per heavy atom. The SMILES string of the molecule is CC(C)C(CNc1nc2ccc(N)cc2s1)C(C)C. The molecule has 0 saturated carbocycles. The Balaban J connectivity index is 2.09. The van der Waals surface area contributed by atoms with Crippen LogP contribution in [0.1, 0.15) is 27.7 Å². The van der Waals surface area contributed by atoms with Crippen molar-refractivity contribution >= 4 is 32.4 Å².